The summed E-state index contributed by atoms with van der Waals surface area (Å²) >= 11 is 1.70. The van der Waals surface area contributed by atoms with E-state index in [1.165, 1.54) is 12.6 Å². The smallest absolute Gasteiger partial charge is 0.364 e. The molecule has 1 aliphatic carbocycles. The number of ether oxygens (including phenoxy) is 1. The Morgan fingerprint density at radius 2 is 2.57 bits per heavy atom. The zero-order valence-corrected chi connectivity index (χ0v) is 8.39. The molecule has 14 heavy (non-hydrogen) atoms. The van der Waals surface area contributed by atoms with Gasteiger partial charge in [-0.05, 0) is 12.0 Å². The average molecular weight is 214 g/mol. The molecule has 1 saturated heterocycles. The molecule has 0 radical (unpaired) electrons. The van der Waals surface area contributed by atoms with Crippen LogP contribution in [-0.4, -0.2) is 30.6 Å². The molecule has 3 unspecified atom stereocenters. The van der Waals surface area contributed by atoms with Gasteiger partial charge in [0.05, 0.1) is 0 Å². The highest BCUT2D eigenvalue weighted by atomic mass is 32.2. The van der Waals surface area contributed by atoms with Crippen molar-refractivity contribution in [2.45, 2.75) is 23.9 Å². The lowest BCUT2D eigenvalue weighted by atomic mass is 10.2. The van der Waals surface area contributed by atoms with Crippen molar-refractivity contribution in [2.75, 3.05) is 7.05 Å². The molecule has 5 nitrogen and oxygen atoms in total. The third-order valence-electron chi connectivity index (χ3n) is 2.66. The Labute approximate surface area is 85.2 Å². The second-order valence-corrected chi connectivity index (χ2v) is 4.73. The highest BCUT2D eigenvalue weighted by Gasteiger charge is 2.59. The van der Waals surface area contributed by atoms with Gasteiger partial charge < -0.3 is 14.9 Å². The Bertz CT molecular complexity index is 331. The number of epoxide rings is 1. The Hall–Kier alpha value is -0.880. The summed E-state index contributed by atoms with van der Waals surface area (Å²) in [6, 6.07) is 0. The van der Waals surface area contributed by atoms with E-state index in [-0.39, 0.29) is 0 Å². The maximum absolute atomic E-state index is 10.8. The van der Waals surface area contributed by atoms with Crippen molar-refractivity contribution in [2.24, 2.45) is 0 Å². The van der Waals surface area contributed by atoms with E-state index in [4.69, 9.17) is 9.57 Å². The second-order valence-electron chi connectivity index (χ2n) is 3.48. The lowest BCUT2D eigenvalue weighted by Gasteiger charge is -2.10. The van der Waals surface area contributed by atoms with Gasteiger partial charge in [0.2, 0.25) is 0 Å². The van der Waals surface area contributed by atoms with Crippen LogP contribution in [0.25, 0.3) is 0 Å². The summed E-state index contributed by atoms with van der Waals surface area (Å²) in [6.45, 7) is 0. The van der Waals surface area contributed by atoms with E-state index in [0.29, 0.717) is 17.5 Å². The minimum absolute atomic E-state index is 0.303. The summed E-state index contributed by atoms with van der Waals surface area (Å²) in [5.74, 6) is 0. The van der Waals surface area contributed by atoms with Gasteiger partial charge in [0.25, 0.3) is 0 Å². The molecule has 0 spiro atoms. The Kier molecular flexibility index (Phi) is 1.69. The van der Waals surface area contributed by atoms with Crippen LogP contribution in [0.2, 0.25) is 0 Å². The monoisotopic (exact) mass is 214 g/mol. The summed E-state index contributed by atoms with van der Waals surface area (Å²) in [7, 11) is 1.52. The van der Waals surface area contributed by atoms with Crippen LogP contribution in [0, 0.1) is 0 Å². The van der Waals surface area contributed by atoms with Crippen molar-refractivity contribution in [1.82, 2.24) is 10.8 Å². The Morgan fingerprint density at radius 1 is 1.71 bits per heavy atom. The van der Waals surface area contributed by atoms with Gasteiger partial charge in [-0.2, -0.15) is 0 Å². The molecule has 2 N–H and O–H groups in total. The number of rotatable bonds is 2. The van der Waals surface area contributed by atoms with E-state index in [2.05, 4.69) is 10.8 Å². The predicted molar refractivity (Wildman–Crippen MR) is 50.4 cm³/mol. The van der Waals surface area contributed by atoms with Crippen molar-refractivity contribution in [3.8, 4) is 0 Å². The van der Waals surface area contributed by atoms with Crippen LogP contribution in [0.5, 0.6) is 0 Å². The lowest BCUT2D eigenvalue weighted by molar-refractivity contribution is 0.111. The molecule has 2 fully saturated rings. The van der Waals surface area contributed by atoms with Crippen LogP contribution in [0.4, 0.5) is 4.79 Å². The largest absolute Gasteiger partial charge is 0.431 e. The number of amides is 1. The molecule has 2 aliphatic heterocycles. The van der Waals surface area contributed by atoms with Gasteiger partial charge in [-0.15, -0.1) is 0 Å². The minimum Gasteiger partial charge on any atom is -0.364 e. The first-order valence-corrected chi connectivity index (χ1v) is 5.37. The quantitative estimate of drug-likeness (QED) is 0.513. The molecular formula is C8H10N2O3S. The summed E-state index contributed by atoms with van der Waals surface area (Å²) in [5, 5.41) is 3.86. The molecule has 76 valence electrons. The molecule has 6 heteroatoms. The molecular weight excluding hydrogens is 204 g/mol. The first-order valence-electron chi connectivity index (χ1n) is 4.49. The molecule has 0 aromatic carbocycles. The van der Waals surface area contributed by atoms with Crippen molar-refractivity contribution in [3.05, 3.63) is 10.6 Å². The number of thioether (sulfide) groups is 1. The van der Waals surface area contributed by atoms with Crippen LogP contribution < -0.4 is 10.8 Å². The fraction of sp³-hybridized carbons (Fsp3) is 0.625. The summed E-state index contributed by atoms with van der Waals surface area (Å²) in [6.07, 6.45) is 1.33. The van der Waals surface area contributed by atoms with Crippen molar-refractivity contribution in [3.63, 3.8) is 0 Å². The average Bonchev–Trinajstić information content (AvgIpc) is 2.82. The molecule has 1 saturated carbocycles. The fourth-order valence-electron chi connectivity index (χ4n) is 1.93. The zero-order valence-electron chi connectivity index (χ0n) is 7.57. The van der Waals surface area contributed by atoms with Crippen molar-refractivity contribution in [1.29, 1.82) is 0 Å². The van der Waals surface area contributed by atoms with Crippen LogP contribution in [0.15, 0.2) is 10.6 Å². The topological polar surface area (TPSA) is 62.9 Å². The van der Waals surface area contributed by atoms with Gasteiger partial charge in [0, 0.05) is 12.3 Å². The van der Waals surface area contributed by atoms with Gasteiger partial charge >= 0.3 is 6.09 Å². The third kappa shape index (κ3) is 1.10. The summed E-state index contributed by atoms with van der Waals surface area (Å²) < 4.78 is 5.43. The SMILES string of the molecule is CNC(=O)ONC1=C2CC(S1)C1OC21. The van der Waals surface area contributed by atoms with Crippen LogP contribution in [0.1, 0.15) is 6.42 Å². The van der Waals surface area contributed by atoms with Gasteiger partial charge in [0.1, 0.15) is 17.2 Å². The predicted octanol–water partition coefficient (Wildman–Crippen LogP) is 0.345. The Balaban J connectivity index is 1.64. The number of hydrogen-bond acceptors (Lipinski definition) is 5. The number of hydroxylamine groups is 1. The van der Waals surface area contributed by atoms with E-state index in [1.807, 2.05) is 0 Å². The van der Waals surface area contributed by atoms with Crippen molar-refractivity contribution < 1.29 is 14.4 Å². The van der Waals surface area contributed by atoms with Crippen LogP contribution in [-0.2, 0) is 9.57 Å². The second kappa shape index (κ2) is 2.80. The summed E-state index contributed by atoms with van der Waals surface area (Å²) in [4.78, 5) is 15.6. The third-order valence-corrected chi connectivity index (χ3v) is 3.98. The first kappa shape index (κ1) is 8.43. The number of hydrogen-bond donors (Lipinski definition) is 2. The number of nitrogens with one attached hydrogen (secondary N) is 2. The molecule has 0 aromatic heterocycles. The molecule has 0 aromatic rings. The minimum atomic E-state index is -0.477. The van der Waals surface area contributed by atoms with Crippen LogP contribution >= 0.6 is 11.8 Å². The normalized spacial score (nSPS) is 36.8. The number of carbonyl (C=O) groups is 1. The van der Waals surface area contributed by atoms with Gasteiger partial charge in [-0.3, -0.25) is 0 Å². The zero-order chi connectivity index (χ0) is 9.71. The molecule has 3 aliphatic rings. The molecule has 3 rings (SSSR count). The molecule has 2 heterocycles. The van der Waals surface area contributed by atoms with E-state index in [0.717, 1.165) is 11.4 Å². The lowest BCUT2D eigenvalue weighted by Crippen LogP contribution is -2.27. The van der Waals surface area contributed by atoms with Gasteiger partial charge in [0.15, 0.2) is 0 Å². The maximum atomic E-state index is 10.8. The van der Waals surface area contributed by atoms with E-state index < -0.39 is 6.09 Å². The highest BCUT2D eigenvalue weighted by Crippen LogP contribution is 2.56. The maximum Gasteiger partial charge on any atom is 0.431 e. The highest BCUT2D eigenvalue weighted by molar-refractivity contribution is 8.04. The fourth-order valence-corrected chi connectivity index (χ4v) is 3.27. The number of carbonyl (C=O) groups excluding carboxylic acids is 1. The molecule has 1 amide bonds. The summed E-state index contributed by atoms with van der Waals surface area (Å²) in [5.41, 5.74) is 3.93. The van der Waals surface area contributed by atoms with Crippen LogP contribution in [0.3, 0.4) is 0 Å². The molecule has 3 atom stereocenters. The molecule has 2 bridgehead atoms. The standard InChI is InChI=1S/C8H10N2O3S/c1-9-8(11)13-10-7-3-2-4(14-7)6-5(3)12-6/h4-6,10H,2H2,1H3,(H,9,11). The van der Waals surface area contributed by atoms with E-state index in [9.17, 15) is 4.79 Å². The van der Waals surface area contributed by atoms with E-state index >= 15 is 0 Å². The van der Waals surface area contributed by atoms with Gasteiger partial charge in [-0.1, -0.05) is 11.8 Å². The van der Waals surface area contributed by atoms with E-state index in [1.54, 1.807) is 11.8 Å². The Morgan fingerprint density at radius 3 is 3.21 bits per heavy atom. The first-order chi connectivity index (χ1) is 6.79. The van der Waals surface area contributed by atoms with Gasteiger partial charge in [-0.25, -0.2) is 10.3 Å². The van der Waals surface area contributed by atoms with Crippen molar-refractivity contribution >= 4 is 17.9 Å². The number of fused-ring (bicyclic) bond motifs is 5.